The van der Waals surface area contributed by atoms with Crippen molar-refractivity contribution in [1.82, 2.24) is 15.5 Å². The molecular formula is C12H20N4O. The quantitative estimate of drug-likeness (QED) is 0.740. The molecule has 1 aliphatic heterocycles. The van der Waals surface area contributed by atoms with E-state index in [1.54, 1.807) is 6.20 Å². The van der Waals surface area contributed by atoms with Crippen molar-refractivity contribution in [3.63, 3.8) is 0 Å². The van der Waals surface area contributed by atoms with Gasteiger partial charge in [-0.3, -0.25) is 9.89 Å². The van der Waals surface area contributed by atoms with Crippen LogP contribution in [0.5, 0.6) is 0 Å². The summed E-state index contributed by atoms with van der Waals surface area (Å²) in [7, 11) is 0. The number of hydrogen-bond donors (Lipinski definition) is 3. The number of aryl methyl sites for hydroxylation is 1. The highest BCUT2D eigenvalue weighted by Gasteiger charge is 2.44. The van der Waals surface area contributed by atoms with Crippen LogP contribution >= 0.6 is 0 Å². The number of nitrogens with one attached hydrogen (secondary N) is 3. The zero-order valence-electron chi connectivity index (χ0n) is 10.6. The van der Waals surface area contributed by atoms with Gasteiger partial charge in [0.05, 0.1) is 11.6 Å². The van der Waals surface area contributed by atoms with Crippen molar-refractivity contribution in [1.29, 1.82) is 0 Å². The van der Waals surface area contributed by atoms with Crippen molar-refractivity contribution in [2.75, 3.05) is 18.4 Å². The van der Waals surface area contributed by atoms with Crippen LogP contribution in [0.2, 0.25) is 0 Å². The Hall–Kier alpha value is -1.36. The second-order valence-corrected chi connectivity index (χ2v) is 5.12. The smallest absolute Gasteiger partial charge is 0.233 e. The van der Waals surface area contributed by atoms with Gasteiger partial charge in [0, 0.05) is 12.1 Å². The third-order valence-electron chi connectivity index (χ3n) is 3.81. The minimum Gasteiger partial charge on any atom is -0.316 e. The molecule has 17 heavy (non-hydrogen) atoms. The molecule has 0 aliphatic carbocycles. The molecule has 2 heterocycles. The minimum absolute atomic E-state index is 0.0878. The summed E-state index contributed by atoms with van der Waals surface area (Å²) in [6, 6.07) is 0. The average Bonchev–Trinajstić information content (AvgIpc) is 2.89. The van der Waals surface area contributed by atoms with Gasteiger partial charge in [-0.25, -0.2) is 0 Å². The summed E-state index contributed by atoms with van der Waals surface area (Å²) < 4.78 is 0. The summed E-state index contributed by atoms with van der Waals surface area (Å²) in [5.41, 5.74) is 0.667. The van der Waals surface area contributed by atoms with Gasteiger partial charge in [0.25, 0.3) is 0 Å². The molecule has 94 valence electrons. The summed E-state index contributed by atoms with van der Waals surface area (Å²) in [6.07, 6.45) is 2.61. The van der Waals surface area contributed by atoms with Crippen LogP contribution in [0, 0.1) is 18.3 Å². The molecule has 0 aromatic carbocycles. The zero-order chi connectivity index (χ0) is 12.5. The van der Waals surface area contributed by atoms with E-state index in [0.29, 0.717) is 11.7 Å². The Morgan fingerprint density at radius 3 is 2.82 bits per heavy atom. The molecule has 1 amide bonds. The van der Waals surface area contributed by atoms with E-state index in [1.165, 1.54) is 0 Å². The lowest BCUT2D eigenvalue weighted by Crippen LogP contribution is -2.42. The molecule has 1 aromatic heterocycles. The lowest BCUT2D eigenvalue weighted by Gasteiger charge is -2.30. The Balaban J connectivity index is 2.16. The SMILES string of the molecule is Cc1cn[nH]c1NC(=O)C1(C(C)C)CCNC1. The van der Waals surface area contributed by atoms with E-state index >= 15 is 0 Å². The third kappa shape index (κ3) is 2.07. The molecule has 1 saturated heterocycles. The molecule has 1 aliphatic rings. The van der Waals surface area contributed by atoms with Gasteiger partial charge < -0.3 is 10.6 Å². The highest BCUT2D eigenvalue weighted by molar-refractivity contribution is 5.95. The van der Waals surface area contributed by atoms with Crippen molar-refractivity contribution in [3.8, 4) is 0 Å². The fourth-order valence-corrected chi connectivity index (χ4v) is 2.37. The van der Waals surface area contributed by atoms with Crippen LogP contribution in [-0.4, -0.2) is 29.2 Å². The van der Waals surface area contributed by atoms with Crippen LogP contribution in [0.3, 0.4) is 0 Å². The number of carbonyl (C=O) groups excluding carboxylic acids is 1. The van der Waals surface area contributed by atoms with Gasteiger partial charge in [-0.15, -0.1) is 0 Å². The highest BCUT2D eigenvalue weighted by Crippen LogP contribution is 2.35. The molecule has 1 fully saturated rings. The minimum atomic E-state index is -0.294. The normalized spacial score (nSPS) is 24.2. The first kappa shape index (κ1) is 12.1. The highest BCUT2D eigenvalue weighted by atomic mass is 16.2. The molecule has 5 nitrogen and oxygen atoms in total. The molecule has 1 unspecified atom stereocenters. The molecule has 2 rings (SSSR count). The lowest BCUT2D eigenvalue weighted by molar-refractivity contribution is -0.126. The molecule has 1 atom stereocenters. The predicted octanol–water partition coefficient (Wildman–Crippen LogP) is 1.29. The molecule has 0 radical (unpaired) electrons. The number of rotatable bonds is 3. The molecule has 1 aromatic rings. The van der Waals surface area contributed by atoms with E-state index in [2.05, 4.69) is 34.7 Å². The maximum absolute atomic E-state index is 12.4. The van der Waals surface area contributed by atoms with Crippen LogP contribution in [-0.2, 0) is 4.79 Å². The number of aromatic nitrogens is 2. The fraction of sp³-hybridized carbons (Fsp3) is 0.667. The third-order valence-corrected chi connectivity index (χ3v) is 3.81. The van der Waals surface area contributed by atoms with Crippen LogP contribution < -0.4 is 10.6 Å². The van der Waals surface area contributed by atoms with E-state index in [1.807, 2.05) is 6.92 Å². The van der Waals surface area contributed by atoms with Gasteiger partial charge in [-0.05, 0) is 25.8 Å². The number of carbonyl (C=O) groups is 1. The molecule has 5 heteroatoms. The second kappa shape index (κ2) is 4.49. The lowest BCUT2D eigenvalue weighted by atomic mass is 9.75. The van der Waals surface area contributed by atoms with Crippen molar-refractivity contribution >= 4 is 11.7 Å². The molecule has 0 saturated carbocycles. The number of amides is 1. The zero-order valence-corrected chi connectivity index (χ0v) is 10.6. The van der Waals surface area contributed by atoms with Gasteiger partial charge in [0.15, 0.2) is 0 Å². The average molecular weight is 236 g/mol. The first-order valence-corrected chi connectivity index (χ1v) is 6.08. The molecule has 0 spiro atoms. The van der Waals surface area contributed by atoms with Crippen LogP contribution in [0.25, 0.3) is 0 Å². The van der Waals surface area contributed by atoms with Crippen LogP contribution in [0.4, 0.5) is 5.82 Å². The largest absolute Gasteiger partial charge is 0.316 e. The Bertz CT molecular complexity index is 404. The Morgan fingerprint density at radius 1 is 1.59 bits per heavy atom. The summed E-state index contributed by atoms with van der Waals surface area (Å²) in [6.45, 7) is 7.80. The number of hydrogen-bond acceptors (Lipinski definition) is 3. The van der Waals surface area contributed by atoms with Gasteiger partial charge >= 0.3 is 0 Å². The second-order valence-electron chi connectivity index (χ2n) is 5.12. The van der Waals surface area contributed by atoms with E-state index in [-0.39, 0.29) is 11.3 Å². The van der Waals surface area contributed by atoms with Crippen molar-refractivity contribution in [2.24, 2.45) is 11.3 Å². The summed E-state index contributed by atoms with van der Waals surface area (Å²) in [5, 5.41) is 13.0. The summed E-state index contributed by atoms with van der Waals surface area (Å²) in [4.78, 5) is 12.4. The first-order valence-electron chi connectivity index (χ1n) is 6.08. The molecule has 0 bridgehead atoms. The van der Waals surface area contributed by atoms with Crippen molar-refractivity contribution in [2.45, 2.75) is 27.2 Å². The Morgan fingerprint density at radius 2 is 2.35 bits per heavy atom. The Labute approximate surface area is 101 Å². The van der Waals surface area contributed by atoms with Crippen LogP contribution in [0.15, 0.2) is 6.20 Å². The maximum atomic E-state index is 12.4. The predicted molar refractivity (Wildman–Crippen MR) is 66.7 cm³/mol. The van der Waals surface area contributed by atoms with Gasteiger partial charge in [-0.2, -0.15) is 5.10 Å². The van der Waals surface area contributed by atoms with Crippen molar-refractivity contribution in [3.05, 3.63) is 11.8 Å². The van der Waals surface area contributed by atoms with E-state index in [9.17, 15) is 4.79 Å². The molecule has 3 N–H and O–H groups in total. The number of aromatic amines is 1. The molecular weight excluding hydrogens is 216 g/mol. The number of nitrogens with zero attached hydrogens (tertiary/aromatic N) is 1. The fourth-order valence-electron chi connectivity index (χ4n) is 2.37. The topological polar surface area (TPSA) is 69.8 Å². The first-order chi connectivity index (χ1) is 8.06. The maximum Gasteiger partial charge on any atom is 0.233 e. The summed E-state index contributed by atoms with van der Waals surface area (Å²) in [5.74, 6) is 1.12. The number of H-pyrrole nitrogens is 1. The van der Waals surface area contributed by atoms with Gasteiger partial charge in [0.2, 0.25) is 5.91 Å². The standard InChI is InChI=1S/C12H20N4O/c1-8(2)12(4-5-13-7-12)11(17)15-10-9(3)6-14-16-10/h6,8,13H,4-5,7H2,1-3H3,(H2,14,15,16,17). The van der Waals surface area contributed by atoms with E-state index < -0.39 is 0 Å². The van der Waals surface area contributed by atoms with Crippen LogP contribution in [0.1, 0.15) is 25.8 Å². The van der Waals surface area contributed by atoms with E-state index in [4.69, 9.17) is 0 Å². The Kier molecular flexibility index (Phi) is 3.19. The monoisotopic (exact) mass is 236 g/mol. The van der Waals surface area contributed by atoms with Gasteiger partial charge in [0.1, 0.15) is 5.82 Å². The van der Waals surface area contributed by atoms with Gasteiger partial charge in [-0.1, -0.05) is 13.8 Å². The summed E-state index contributed by atoms with van der Waals surface area (Å²) >= 11 is 0. The number of anilines is 1. The van der Waals surface area contributed by atoms with E-state index in [0.717, 1.165) is 25.1 Å². The van der Waals surface area contributed by atoms with Crippen molar-refractivity contribution < 1.29 is 4.79 Å².